The molecule has 8 heteroatoms. The first-order chi connectivity index (χ1) is 14.0. The van der Waals surface area contributed by atoms with Crippen molar-refractivity contribution < 1.29 is 9.59 Å². The number of nitrogen functional groups attached to an aromatic ring is 2. The fourth-order valence-electron chi connectivity index (χ4n) is 2.70. The molecule has 0 aliphatic carbocycles. The Hall–Kier alpha value is -3.91. The van der Waals surface area contributed by atoms with Crippen LogP contribution in [0.4, 0.5) is 22.2 Å². The molecule has 4 rings (SSSR count). The Morgan fingerprint density at radius 3 is 1.90 bits per heavy atom. The molecule has 0 unspecified atom stereocenters. The van der Waals surface area contributed by atoms with Gasteiger partial charge in [0.05, 0.1) is 10.2 Å². The molecule has 6 N–H and O–H groups in total. The van der Waals surface area contributed by atoms with Crippen LogP contribution in [0, 0.1) is 0 Å². The van der Waals surface area contributed by atoms with Crippen molar-refractivity contribution in [2.75, 3.05) is 22.1 Å². The lowest BCUT2D eigenvalue weighted by atomic mass is 10.2. The molecule has 144 valence electrons. The minimum Gasteiger partial charge on any atom is -0.399 e. The molecule has 0 radical (unpaired) electrons. The zero-order valence-corrected chi connectivity index (χ0v) is 16.0. The van der Waals surface area contributed by atoms with E-state index in [0.717, 1.165) is 10.2 Å². The molecule has 0 saturated carbocycles. The summed E-state index contributed by atoms with van der Waals surface area (Å²) < 4.78 is 0.840. The van der Waals surface area contributed by atoms with Gasteiger partial charge in [0.25, 0.3) is 11.8 Å². The van der Waals surface area contributed by atoms with Gasteiger partial charge in [-0.25, -0.2) is 4.98 Å². The van der Waals surface area contributed by atoms with Gasteiger partial charge in [-0.3, -0.25) is 14.9 Å². The van der Waals surface area contributed by atoms with Crippen LogP contribution in [-0.2, 0) is 0 Å². The number of amides is 2. The predicted octanol–water partition coefficient (Wildman–Crippen LogP) is 3.97. The number of carbonyl (C=O) groups excluding carboxylic acids is 2. The average Bonchev–Trinajstić information content (AvgIpc) is 3.10. The van der Waals surface area contributed by atoms with Crippen molar-refractivity contribution in [1.82, 2.24) is 4.98 Å². The first-order valence-corrected chi connectivity index (χ1v) is 9.54. The molecule has 1 heterocycles. The van der Waals surface area contributed by atoms with E-state index in [-0.39, 0.29) is 11.8 Å². The van der Waals surface area contributed by atoms with Gasteiger partial charge >= 0.3 is 0 Å². The molecule has 0 aliphatic heterocycles. The second kappa shape index (κ2) is 7.61. The number of benzene rings is 3. The van der Waals surface area contributed by atoms with Gasteiger partial charge in [-0.05, 0) is 66.7 Å². The molecule has 0 atom stereocenters. The summed E-state index contributed by atoms with van der Waals surface area (Å²) in [7, 11) is 0. The van der Waals surface area contributed by atoms with Crippen LogP contribution in [0.3, 0.4) is 0 Å². The Labute approximate surface area is 170 Å². The van der Waals surface area contributed by atoms with Gasteiger partial charge in [0.2, 0.25) is 0 Å². The number of aromatic nitrogens is 1. The number of fused-ring (bicyclic) bond motifs is 1. The van der Waals surface area contributed by atoms with Crippen LogP contribution in [0.2, 0.25) is 0 Å². The van der Waals surface area contributed by atoms with Crippen molar-refractivity contribution in [3.05, 3.63) is 77.9 Å². The van der Waals surface area contributed by atoms with Gasteiger partial charge in [-0.15, -0.1) is 0 Å². The second-order valence-electron chi connectivity index (χ2n) is 6.35. The lowest BCUT2D eigenvalue weighted by Gasteiger charge is -2.05. The zero-order valence-electron chi connectivity index (χ0n) is 15.2. The zero-order chi connectivity index (χ0) is 20.4. The van der Waals surface area contributed by atoms with Crippen molar-refractivity contribution in [2.45, 2.75) is 0 Å². The van der Waals surface area contributed by atoms with Crippen LogP contribution in [-0.4, -0.2) is 16.8 Å². The summed E-state index contributed by atoms with van der Waals surface area (Å²) in [6.07, 6.45) is 0. The summed E-state index contributed by atoms with van der Waals surface area (Å²) in [4.78, 5) is 29.1. The minimum absolute atomic E-state index is 0.231. The lowest BCUT2D eigenvalue weighted by molar-refractivity contribution is 0.101. The lowest BCUT2D eigenvalue weighted by Crippen LogP contribution is -2.11. The number of nitrogens with one attached hydrogen (secondary N) is 2. The van der Waals surface area contributed by atoms with E-state index in [4.69, 9.17) is 11.5 Å². The number of anilines is 4. The van der Waals surface area contributed by atoms with E-state index < -0.39 is 0 Å². The molecule has 0 fully saturated rings. The van der Waals surface area contributed by atoms with E-state index in [0.29, 0.717) is 33.3 Å². The highest BCUT2D eigenvalue weighted by Crippen LogP contribution is 2.29. The van der Waals surface area contributed by atoms with E-state index in [1.807, 2.05) is 6.07 Å². The van der Waals surface area contributed by atoms with Crippen molar-refractivity contribution in [3.63, 3.8) is 0 Å². The van der Waals surface area contributed by atoms with E-state index in [2.05, 4.69) is 15.6 Å². The number of rotatable bonds is 4. The van der Waals surface area contributed by atoms with E-state index in [1.165, 1.54) is 11.3 Å². The Bertz CT molecular complexity index is 1140. The summed E-state index contributed by atoms with van der Waals surface area (Å²) in [6, 6.07) is 18.7. The summed E-state index contributed by atoms with van der Waals surface area (Å²) in [5.41, 5.74) is 14.9. The van der Waals surface area contributed by atoms with Crippen molar-refractivity contribution in [3.8, 4) is 0 Å². The molecule has 4 aromatic rings. The van der Waals surface area contributed by atoms with Crippen LogP contribution in [0.15, 0.2) is 66.7 Å². The van der Waals surface area contributed by atoms with Crippen LogP contribution < -0.4 is 22.1 Å². The van der Waals surface area contributed by atoms with Crippen LogP contribution in [0.1, 0.15) is 20.7 Å². The Balaban J connectivity index is 1.50. The maximum absolute atomic E-state index is 12.4. The van der Waals surface area contributed by atoms with Gasteiger partial charge in [0.1, 0.15) is 0 Å². The second-order valence-corrected chi connectivity index (χ2v) is 7.38. The van der Waals surface area contributed by atoms with E-state index in [9.17, 15) is 9.59 Å². The highest BCUT2D eigenvalue weighted by Gasteiger charge is 2.11. The fraction of sp³-hybridized carbons (Fsp3) is 0. The Kier molecular flexibility index (Phi) is 4.84. The van der Waals surface area contributed by atoms with Crippen molar-refractivity contribution in [1.29, 1.82) is 0 Å². The normalized spacial score (nSPS) is 10.6. The van der Waals surface area contributed by atoms with Crippen LogP contribution >= 0.6 is 11.3 Å². The molecule has 1 aromatic heterocycles. The molecule has 2 amide bonds. The first kappa shape index (κ1) is 18.5. The maximum atomic E-state index is 12.4. The average molecular weight is 403 g/mol. The van der Waals surface area contributed by atoms with Gasteiger partial charge in [-0.2, -0.15) is 0 Å². The smallest absolute Gasteiger partial charge is 0.257 e. The molecular weight excluding hydrogens is 386 g/mol. The number of carbonyl (C=O) groups is 2. The summed E-state index contributed by atoms with van der Waals surface area (Å²) in [5, 5.41) is 6.11. The standard InChI is InChI=1S/C21H17N5O2S/c22-14-5-1-12(2-6-14)19(27)24-16-9-10-17-18(11-16)29-21(25-17)26-20(28)13-3-7-15(23)8-4-13/h1-11H,22-23H2,(H,24,27)(H,25,26,28). The van der Waals surface area contributed by atoms with Gasteiger partial charge in [0, 0.05) is 28.2 Å². The SMILES string of the molecule is Nc1ccc(C(=O)Nc2ccc3nc(NC(=O)c4ccc(N)cc4)sc3c2)cc1. The molecule has 29 heavy (non-hydrogen) atoms. The van der Waals surface area contributed by atoms with E-state index >= 15 is 0 Å². The molecule has 0 saturated heterocycles. The number of hydrogen-bond acceptors (Lipinski definition) is 6. The van der Waals surface area contributed by atoms with Crippen LogP contribution in [0.25, 0.3) is 10.2 Å². The summed E-state index contributed by atoms with van der Waals surface area (Å²) in [6.45, 7) is 0. The molecular formula is C21H17N5O2S. The van der Waals surface area contributed by atoms with Crippen molar-refractivity contribution >= 4 is 55.6 Å². The number of nitrogens with zero attached hydrogens (tertiary/aromatic N) is 1. The fourth-order valence-corrected chi connectivity index (χ4v) is 3.60. The quantitative estimate of drug-likeness (QED) is 0.384. The van der Waals surface area contributed by atoms with Crippen LogP contribution in [0.5, 0.6) is 0 Å². The number of hydrogen-bond donors (Lipinski definition) is 4. The number of thiazole rings is 1. The third kappa shape index (κ3) is 4.17. The largest absolute Gasteiger partial charge is 0.399 e. The molecule has 7 nitrogen and oxygen atoms in total. The molecule has 0 aliphatic rings. The third-order valence-electron chi connectivity index (χ3n) is 4.21. The monoisotopic (exact) mass is 403 g/mol. The van der Waals surface area contributed by atoms with Gasteiger partial charge < -0.3 is 16.8 Å². The third-order valence-corrected chi connectivity index (χ3v) is 5.15. The van der Waals surface area contributed by atoms with Crippen molar-refractivity contribution in [2.24, 2.45) is 0 Å². The first-order valence-electron chi connectivity index (χ1n) is 8.72. The highest BCUT2D eigenvalue weighted by molar-refractivity contribution is 7.22. The van der Waals surface area contributed by atoms with Gasteiger partial charge in [-0.1, -0.05) is 11.3 Å². The predicted molar refractivity (Wildman–Crippen MR) is 117 cm³/mol. The van der Waals surface area contributed by atoms with Gasteiger partial charge in [0.15, 0.2) is 5.13 Å². The number of nitrogens with two attached hydrogens (primary N) is 2. The molecule has 0 spiro atoms. The van der Waals surface area contributed by atoms with E-state index in [1.54, 1.807) is 60.7 Å². The Morgan fingerprint density at radius 1 is 0.759 bits per heavy atom. The molecule has 3 aromatic carbocycles. The molecule has 0 bridgehead atoms. The topological polar surface area (TPSA) is 123 Å². The summed E-state index contributed by atoms with van der Waals surface area (Å²) >= 11 is 1.33. The maximum Gasteiger partial charge on any atom is 0.257 e. The minimum atomic E-state index is -0.263. The Morgan fingerprint density at radius 2 is 1.31 bits per heavy atom. The summed E-state index contributed by atoms with van der Waals surface area (Å²) in [5.74, 6) is -0.494. The highest BCUT2D eigenvalue weighted by atomic mass is 32.1.